The molecule has 0 atom stereocenters. The molecule has 4 heteroatoms. The van der Waals surface area contributed by atoms with E-state index in [9.17, 15) is 4.79 Å². The van der Waals surface area contributed by atoms with Crippen molar-refractivity contribution in [3.05, 3.63) is 0 Å². The monoisotopic (exact) mass is 122 g/mol. The van der Waals surface area contributed by atoms with Crippen LogP contribution in [0, 0.1) is 0 Å². The topological polar surface area (TPSA) is 46.3 Å². The third-order valence-electron chi connectivity index (χ3n) is 1.42. The molecule has 0 saturated carbocycles. The number of primary amides is 1. The summed E-state index contributed by atoms with van der Waals surface area (Å²) < 4.78 is 0. The summed E-state index contributed by atoms with van der Waals surface area (Å²) in [6, 6.07) is -0.275. The summed E-state index contributed by atoms with van der Waals surface area (Å²) in [6.07, 6.45) is 2.23. The van der Waals surface area contributed by atoms with Crippen molar-refractivity contribution in [1.29, 1.82) is 0 Å². The van der Waals surface area contributed by atoms with Gasteiger partial charge in [0.05, 0.1) is 0 Å². The van der Waals surface area contributed by atoms with Crippen LogP contribution in [0.4, 0.5) is 4.79 Å². The number of hydrogen-bond donors (Lipinski definition) is 1. The van der Waals surface area contributed by atoms with Crippen LogP contribution in [0.1, 0.15) is 12.8 Å². The molecule has 48 valence electrons. The zero-order chi connectivity index (χ0) is 5.98. The number of nitrogens with two attached hydrogens (primary N) is 1. The summed E-state index contributed by atoms with van der Waals surface area (Å²) >= 11 is 0. The van der Waals surface area contributed by atoms with Crippen molar-refractivity contribution in [3.8, 4) is 0 Å². The Bertz CT molecular complexity index is 101. The summed E-state index contributed by atoms with van der Waals surface area (Å²) in [4.78, 5) is 12.0. The third-order valence-corrected chi connectivity index (χ3v) is 1.42. The van der Waals surface area contributed by atoms with E-state index in [0.29, 0.717) is 0 Å². The summed E-state index contributed by atoms with van der Waals surface area (Å²) in [5.41, 5.74) is 4.98. The first-order valence-electron chi connectivity index (χ1n) is 2.85. The van der Waals surface area contributed by atoms with Gasteiger partial charge in [0.2, 0.25) is 0 Å². The average molecular weight is 122 g/mol. The number of carbonyl (C=O) groups excluding carboxylic acids is 1. The molecule has 0 aromatic carbocycles. The molecule has 1 rings (SSSR count). The van der Waals surface area contributed by atoms with Gasteiger partial charge in [0.1, 0.15) is 0 Å². The van der Waals surface area contributed by atoms with E-state index in [0.717, 1.165) is 25.9 Å². The van der Waals surface area contributed by atoms with Crippen molar-refractivity contribution in [2.45, 2.75) is 12.8 Å². The van der Waals surface area contributed by atoms with Crippen LogP contribution in [0.15, 0.2) is 0 Å². The van der Waals surface area contributed by atoms with Crippen molar-refractivity contribution in [2.24, 2.45) is 5.73 Å². The van der Waals surface area contributed by atoms with Crippen LogP contribution >= 0.6 is 0 Å². The third kappa shape index (κ3) is 2.29. The normalized spacial score (nSPS) is 17.1. The number of likely N-dealkylation sites (tertiary alicyclic amines) is 1. The maximum atomic E-state index is 10.3. The van der Waals surface area contributed by atoms with Gasteiger partial charge in [-0.25, -0.2) is 4.79 Å². The molecule has 2 amide bonds. The van der Waals surface area contributed by atoms with Crippen LogP contribution in [-0.2, 0) is 0 Å². The SMILES string of the molecule is NC(=O)N1CCCC1.[LiH]. The zero-order valence-corrected chi connectivity index (χ0v) is 4.76. The first-order chi connectivity index (χ1) is 3.80. The van der Waals surface area contributed by atoms with Gasteiger partial charge in [0.25, 0.3) is 0 Å². The summed E-state index contributed by atoms with van der Waals surface area (Å²) in [6.45, 7) is 1.71. The second kappa shape index (κ2) is 3.81. The van der Waals surface area contributed by atoms with Crippen LogP contribution in [0.2, 0.25) is 0 Å². The second-order valence-corrected chi connectivity index (χ2v) is 2.03. The van der Waals surface area contributed by atoms with E-state index in [1.54, 1.807) is 4.90 Å². The Balaban J connectivity index is 0.000000640. The summed E-state index contributed by atoms with van der Waals surface area (Å²) in [5, 5.41) is 0. The molecule has 0 bridgehead atoms. The first kappa shape index (κ1) is 8.87. The predicted molar refractivity (Wildman–Crippen MR) is 37.5 cm³/mol. The molecule has 0 spiro atoms. The average Bonchev–Trinajstić information content (AvgIpc) is 2.12. The molecule has 1 heterocycles. The minimum atomic E-state index is -0.275. The van der Waals surface area contributed by atoms with E-state index in [1.165, 1.54) is 0 Å². The van der Waals surface area contributed by atoms with Crippen molar-refractivity contribution in [2.75, 3.05) is 13.1 Å². The van der Waals surface area contributed by atoms with Crippen LogP contribution in [0.25, 0.3) is 0 Å². The molecule has 0 aliphatic carbocycles. The van der Waals surface area contributed by atoms with Gasteiger partial charge >= 0.3 is 24.9 Å². The molecule has 0 aromatic heterocycles. The van der Waals surface area contributed by atoms with Gasteiger partial charge in [-0.2, -0.15) is 0 Å². The second-order valence-electron chi connectivity index (χ2n) is 2.03. The van der Waals surface area contributed by atoms with Crippen LogP contribution < -0.4 is 5.73 Å². The molecule has 1 fully saturated rings. The molecule has 0 radical (unpaired) electrons. The number of urea groups is 1. The zero-order valence-electron chi connectivity index (χ0n) is 4.76. The van der Waals surface area contributed by atoms with E-state index < -0.39 is 0 Å². The van der Waals surface area contributed by atoms with Gasteiger partial charge in [-0.15, -0.1) is 0 Å². The molecular weight excluding hydrogens is 111 g/mol. The van der Waals surface area contributed by atoms with Crippen molar-refractivity contribution in [3.63, 3.8) is 0 Å². The van der Waals surface area contributed by atoms with Gasteiger partial charge in [-0.3, -0.25) is 0 Å². The van der Waals surface area contributed by atoms with E-state index >= 15 is 0 Å². The Morgan fingerprint density at radius 2 is 1.78 bits per heavy atom. The Morgan fingerprint density at radius 1 is 1.33 bits per heavy atom. The predicted octanol–water partition coefficient (Wildman–Crippen LogP) is -0.488. The quantitative estimate of drug-likeness (QED) is 0.433. The number of amides is 2. The van der Waals surface area contributed by atoms with Gasteiger partial charge in [-0.1, -0.05) is 0 Å². The fourth-order valence-electron chi connectivity index (χ4n) is 0.938. The molecule has 1 aliphatic rings. The molecule has 1 aliphatic heterocycles. The Labute approximate surface area is 66.8 Å². The number of hydrogen-bond acceptors (Lipinski definition) is 1. The van der Waals surface area contributed by atoms with Crippen LogP contribution in [-0.4, -0.2) is 42.9 Å². The summed E-state index contributed by atoms with van der Waals surface area (Å²) in [5.74, 6) is 0. The number of nitrogens with zero attached hydrogens (tertiary/aromatic N) is 1. The molecule has 2 N–H and O–H groups in total. The Kier molecular flexibility index (Phi) is 3.75. The van der Waals surface area contributed by atoms with E-state index in [2.05, 4.69) is 0 Å². The fraction of sp³-hybridized carbons (Fsp3) is 0.800. The molecule has 0 unspecified atom stereocenters. The van der Waals surface area contributed by atoms with Gasteiger partial charge < -0.3 is 10.6 Å². The Morgan fingerprint density at radius 3 is 2.00 bits per heavy atom. The van der Waals surface area contributed by atoms with Crippen LogP contribution in [0.5, 0.6) is 0 Å². The van der Waals surface area contributed by atoms with Crippen molar-refractivity contribution >= 4 is 24.9 Å². The van der Waals surface area contributed by atoms with Gasteiger partial charge in [-0.05, 0) is 12.8 Å². The molecule has 9 heavy (non-hydrogen) atoms. The van der Waals surface area contributed by atoms with Gasteiger partial charge in [0.15, 0.2) is 0 Å². The first-order valence-corrected chi connectivity index (χ1v) is 2.85. The standard InChI is InChI=1S/C5H10N2O.Li.H/c6-5(8)7-3-1-2-4-7;;/h1-4H2,(H2,6,8);;. The number of rotatable bonds is 0. The van der Waals surface area contributed by atoms with E-state index in [4.69, 9.17) is 5.73 Å². The molecular formula is C5H11LiN2O. The Hall–Kier alpha value is -0.133. The van der Waals surface area contributed by atoms with Crippen LogP contribution in [0.3, 0.4) is 0 Å². The minimum absolute atomic E-state index is 0. The van der Waals surface area contributed by atoms with Gasteiger partial charge in [0, 0.05) is 13.1 Å². The summed E-state index contributed by atoms with van der Waals surface area (Å²) in [7, 11) is 0. The molecule has 3 nitrogen and oxygen atoms in total. The van der Waals surface area contributed by atoms with E-state index in [-0.39, 0.29) is 24.9 Å². The van der Waals surface area contributed by atoms with E-state index in [1.807, 2.05) is 0 Å². The number of carbonyl (C=O) groups is 1. The van der Waals surface area contributed by atoms with Crippen molar-refractivity contribution < 1.29 is 4.79 Å². The fourth-order valence-corrected chi connectivity index (χ4v) is 0.938. The maximum absolute atomic E-state index is 10.3. The molecule has 1 saturated heterocycles. The molecule has 0 aromatic rings. The van der Waals surface area contributed by atoms with Crippen molar-refractivity contribution in [1.82, 2.24) is 4.90 Å².